The van der Waals surface area contributed by atoms with E-state index in [9.17, 15) is 27.9 Å². The lowest BCUT2D eigenvalue weighted by Gasteiger charge is -2.21. The van der Waals surface area contributed by atoms with Crippen molar-refractivity contribution in [3.05, 3.63) is 0 Å². The Morgan fingerprint density at radius 2 is 0.943 bits per heavy atom. The van der Waals surface area contributed by atoms with Crippen molar-refractivity contribution in [1.82, 2.24) is 4.90 Å². The number of carbonyl (C=O) groups is 2. The van der Waals surface area contributed by atoms with Crippen molar-refractivity contribution in [2.24, 2.45) is 0 Å². The second-order valence-corrected chi connectivity index (χ2v) is 15.5. The molecule has 0 aromatic carbocycles. The zero-order chi connectivity index (χ0) is 39.1. The van der Waals surface area contributed by atoms with Gasteiger partial charge in [0.15, 0.2) is 0 Å². The molecule has 316 valence electrons. The van der Waals surface area contributed by atoms with Crippen LogP contribution in [0.25, 0.3) is 0 Å². The molecule has 9 heteroatoms. The number of aliphatic hydroxyl groups excluding tert-OH is 1. The normalized spacial score (nSPS) is 11.9. The van der Waals surface area contributed by atoms with E-state index in [1.165, 1.54) is 64.2 Å². The number of aliphatic hydroxyl groups is 1. The standard InChI is InChI=1S/C44H84F3NO5/c1-3-5-7-9-16-23-31-41(32-24-17-10-8-6-4-2)53-43(51)34-25-18-15-20-28-36-48(38-39-49)37-29-22-26-33-42(50)52-40-30-21-14-12-11-13-19-27-35-44(45,46)47/h41,49H,3-40H2,1-2H3. The third kappa shape index (κ3) is 40.1. The zero-order valence-electron chi connectivity index (χ0n) is 34.6. The summed E-state index contributed by atoms with van der Waals surface area (Å²) >= 11 is 0. The lowest BCUT2D eigenvalue weighted by molar-refractivity contribution is -0.150. The van der Waals surface area contributed by atoms with Crippen LogP contribution in [-0.2, 0) is 19.1 Å². The quantitative estimate of drug-likeness (QED) is 0.0494. The van der Waals surface area contributed by atoms with E-state index in [0.717, 1.165) is 129 Å². The number of ether oxygens (including phenoxy) is 2. The fraction of sp³-hybridized carbons (Fsp3) is 0.955. The molecule has 0 radical (unpaired) electrons. The van der Waals surface area contributed by atoms with E-state index in [4.69, 9.17) is 9.47 Å². The summed E-state index contributed by atoms with van der Waals surface area (Å²) in [5.41, 5.74) is 0. The highest BCUT2D eigenvalue weighted by atomic mass is 19.4. The van der Waals surface area contributed by atoms with Crippen molar-refractivity contribution in [2.45, 2.75) is 238 Å². The number of halogens is 3. The van der Waals surface area contributed by atoms with E-state index in [1.54, 1.807) is 0 Å². The molecule has 0 atom stereocenters. The Balaban J connectivity index is 3.93. The molecule has 6 nitrogen and oxygen atoms in total. The summed E-state index contributed by atoms with van der Waals surface area (Å²) < 4.78 is 47.8. The van der Waals surface area contributed by atoms with E-state index in [1.807, 2.05) is 0 Å². The molecule has 0 saturated carbocycles. The Bertz CT molecular complexity index is 781. The van der Waals surface area contributed by atoms with Crippen LogP contribution in [0.1, 0.15) is 226 Å². The van der Waals surface area contributed by atoms with Crippen molar-refractivity contribution in [3.63, 3.8) is 0 Å². The average Bonchev–Trinajstić information content (AvgIpc) is 3.12. The Hall–Kier alpha value is -1.35. The highest BCUT2D eigenvalue weighted by molar-refractivity contribution is 5.69. The number of hydrogen-bond acceptors (Lipinski definition) is 6. The van der Waals surface area contributed by atoms with Gasteiger partial charge < -0.3 is 19.5 Å². The van der Waals surface area contributed by atoms with E-state index in [-0.39, 0.29) is 31.1 Å². The monoisotopic (exact) mass is 764 g/mol. The third-order valence-corrected chi connectivity index (χ3v) is 10.3. The number of rotatable bonds is 41. The molecule has 0 aliphatic carbocycles. The molecule has 0 bridgehead atoms. The summed E-state index contributed by atoms with van der Waals surface area (Å²) in [4.78, 5) is 27.1. The lowest BCUT2D eigenvalue weighted by atomic mass is 10.0. The molecule has 0 amide bonds. The number of carbonyl (C=O) groups excluding carboxylic acids is 2. The highest BCUT2D eigenvalue weighted by Gasteiger charge is 2.25. The number of unbranched alkanes of at least 4 members (excludes halogenated alkanes) is 23. The maximum Gasteiger partial charge on any atom is 0.389 e. The van der Waals surface area contributed by atoms with Gasteiger partial charge in [0.1, 0.15) is 6.10 Å². The molecule has 0 heterocycles. The summed E-state index contributed by atoms with van der Waals surface area (Å²) in [6.45, 7) is 7.63. The maximum atomic E-state index is 12.7. The van der Waals surface area contributed by atoms with Gasteiger partial charge in [-0.05, 0) is 77.3 Å². The molecule has 0 unspecified atom stereocenters. The Morgan fingerprint density at radius 3 is 1.45 bits per heavy atom. The van der Waals surface area contributed by atoms with Crippen LogP contribution in [0.3, 0.4) is 0 Å². The molecule has 0 spiro atoms. The Labute approximate surface area is 324 Å². The highest BCUT2D eigenvalue weighted by Crippen LogP contribution is 2.23. The van der Waals surface area contributed by atoms with Gasteiger partial charge in [-0.1, -0.05) is 142 Å². The first kappa shape index (κ1) is 51.6. The predicted molar refractivity (Wildman–Crippen MR) is 214 cm³/mol. The maximum absolute atomic E-state index is 12.7. The van der Waals surface area contributed by atoms with Crippen LogP contribution in [-0.4, -0.2) is 67.1 Å². The van der Waals surface area contributed by atoms with Crippen molar-refractivity contribution < 1.29 is 37.3 Å². The summed E-state index contributed by atoms with van der Waals surface area (Å²) in [6, 6.07) is 0. The minimum Gasteiger partial charge on any atom is -0.466 e. The minimum absolute atomic E-state index is 0.0157. The van der Waals surface area contributed by atoms with E-state index in [0.29, 0.717) is 32.4 Å². The Kier molecular flexibility index (Phi) is 37.9. The van der Waals surface area contributed by atoms with Crippen LogP contribution in [0.2, 0.25) is 0 Å². The fourth-order valence-corrected chi connectivity index (χ4v) is 6.95. The number of hydrogen-bond donors (Lipinski definition) is 1. The predicted octanol–water partition coefficient (Wildman–Crippen LogP) is 13.2. The lowest BCUT2D eigenvalue weighted by Crippen LogP contribution is -2.29. The van der Waals surface area contributed by atoms with Crippen LogP contribution < -0.4 is 0 Å². The molecule has 0 fully saturated rings. The van der Waals surface area contributed by atoms with Gasteiger partial charge in [0.2, 0.25) is 0 Å². The molecule has 0 aromatic rings. The van der Waals surface area contributed by atoms with Gasteiger partial charge in [-0.15, -0.1) is 0 Å². The van der Waals surface area contributed by atoms with Crippen LogP contribution in [0.5, 0.6) is 0 Å². The van der Waals surface area contributed by atoms with Gasteiger partial charge in [-0.3, -0.25) is 9.59 Å². The van der Waals surface area contributed by atoms with E-state index in [2.05, 4.69) is 18.7 Å². The molecule has 0 aliphatic heterocycles. The van der Waals surface area contributed by atoms with E-state index < -0.39 is 12.6 Å². The van der Waals surface area contributed by atoms with Crippen molar-refractivity contribution >= 4 is 11.9 Å². The van der Waals surface area contributed by atoms with Crippen LogP contribution in [0.15, 0.2) is 0 Å². The van der Waals surface area contributed by atoms with Crippen molar-refractivity contribution in [1.29, 1.82) is 0 Å². The summed E-state index contributed by atoms with van der Waals surface area (Å²) in [6.07, 6.45) is 28.1. The zero-order valence-corrected chi connectivity index (χ0v) is 34.6. The molecular formula is C44H84F3NO5. The summed E-state index contributed by atoms with van der Waals surface area (Å²) in [7, 11) is 0. The fourth-order valence-electron chi connectivity index (χ4n) is 6.95. The number of alkyl halides is 3. The van der Waals surface area contributed by atoms with E-state index >= 15 is 0 Å². The first-order chi connectivity index (χ1) is 25.7. The molecule has 1 N–H and O–H groups in total. The first-order valence-corrected chi connectivity index (χ1v) is 22.5. The summed E-state index contributed by atoms with van der Waals surface area (Å²) in [5.74, 6) is -0.158. The number of esters is 2. The van der Waals surface area contributed by atoms with Gasteiger partial charge in [-0.2, -0.15) is 13.2 Å². The van der Waals surface area contributed by atoms with Crippen molar-refractivity contribution in [2.75, 3.05) is 32.8 Å². The van der Waals surface area contributed by atoms with Crippen molar-refractivity contribution in [3.8, 4) is 0 Å². The Morgan fingerprint density at radius 1 is 0.528 bits per heavy atom. The van der Waals surface area contributed by atoms with Gasteiger partial charge in [0.25, 0.3) is 0 Å². The molecule has 0 saturated heterocycles. The average molecular weight is 764 g/mol. The molecule has 0 aliphatic rings. The smallest absolute Gasteiger partial charge is 0.389 e. The van der Waals surface area contributed by atoms with Crippen LogP contribution in [0.4, 0.5) is 13.2 Å². The van der Waals surface area contributed by atoms with Gasteiger partial charge in [0.05, 0.1) is 13.2 Å². The second-order valence-electron chi connectivity index (χ2n) is 15.5. The van der Waals surface area contributed by atoms with Crippen LogP contribution >= 0.6 is 0 Å². The second kappa shape index (κ2) is 38.9. The molecule has 0 rings (SSSR count). The largest absolute Gasteiger partial charge is 0.466 e. The number of nitrogens with zero attached hydrogens (tertiary/aromatic N) is 1. The van der Waals surface area contributed by atoms with Gasteiger partial charge >= 0.3 is 18.1 Å². The minimum atomic E-state index is -4.04. The first-order valence-electron chi connectivity index (χ1n) is 22.5. The molecular weight excluding hydrogens is 679 g/mol. The van der Waals surface area contributed by atoms with Gasteiger partial charge in [-0.25, -0.2) is 0 Å². The van der Waals surface area contributed by atoms with Crippen LogP contribution in [0, 0.1) is 0 Å². The molecule has 0 aromatic heterocycles. The summed E-state index contributed by atoms with van der Waals surface area (Å²) in [5, 5.41) is 9.52. The third-order valence-electron chi connectivity index (χ3n) is 10.3. The SMILES string of the molecule is CCCCCCCCC(CCCCCCCC)OC(=O)CCCCCCCN(CCO)CCCCCC(=O)OCCCCCCCCCCC(F)(F)F. The molecule has 53 heavy (non-hydrogen) atoms. The topological polar surface area (TPSA) is 76.1 Å². The van der Waals surface area contributed by atoms with Gasteiger partial charge in [0, 0.05) is 25.8 Å².